The Balaban J connectivity index is 1.07. The minimum Gasteiger partial charge on any atom is -0.436 e. The molecule has 244 valence electrons. The van der Waals surface area contributed by atoms with E-state index in [0.29, 0.717) is 5.89 Å². The first kappa shape index (κ1) is 29.9. The van der Waals surface area contributed by atoms with E-state index in [4.69, 9.17) is 9.40 Å². The normalized spacial score (nSPS) is 11.5. The molecule has 3 nitrogen and oxygen atoms in total. The summed E-state index contributed by atoms with van der Waals surface area (Å²) >= 11 is 0. The number of para-hydroxylation sites is 1. The molecule has 0 saturated carbocycles. The molecule has 1 heterocycles. The highest BCUT2D eigenvalue weighted by molar-refractivity contribution is 6.12. The van der Waals surface area contributed by atoms with Gasteiger partial charge in [-0.25, -0.2) is 4.98 Å². The van der Waals surface area contributed by atoms with Gasteiger partial charge in [0, 0.05) is 28.0 Å². The Morgan fingerprint density at radius 1 is 0.365 bits per heavy atom. The summed E-state index contributed by atoms with van der Waals surface area (Å²) in [5, 5.41) is 7.07. The SMILES string of the molecule is c1ccc(-c2nc3c(cc(-c4ccc5ccc(N(c6ccccc6)c6ccc(-c7ccc8ccccc8c7)cc6)cc5c4)c4ccccc43)o2)cc1. The summed E-state index contributed by atoms with van der Waals surface area (Å²) in [6, 6.07) is 68.9. The van der Waals surface area contributed by atoms with E-state index in [-0.39, 0.29) is 0 Å². The molecular formula is C49H32N2O. The van der Waals surface area contributed by atoms with Crippen LogP contribution in [0.15, 0.2) is 199 Å². The molecule has 0 aliphatic rings. The molecule has 0 N–H and O–H groups in total. The molecule has 0 radical (unpaired) electrons. The van der Waals surface area contributed by atoms with Crippen LogP contribution in [0.2, 0.25) is 0 Å². The Morgan fingerprint density at radius 2 is 0.942 bits per heavy atom. The first-order valence-corrected chi connectivity index (χ1v) is 17.6. The summed E-state index contributed by atoms with van der Waals surface area (Å²) in [7, 11) is 0. The molecule has 0 saturated heterocycles. The van der Waals surface area contributed by atoms with Crippen molar-refractivity contribution in [3.63, 3.8) is 0 Å². The number of fused-ring (bicyclic) bond motifs is 5. The van der Waals surface area contributed by atoms with E-state index in [2.05, 4.69) is 169 Å². The van der Waals surface area contributed by atoms with E-state index >= 15 is 0 Å². The highest BCUT2D eigenvalue weighted by Crippen LogP contribution is 2.40. The molecule has 0 spiro atoms. The summed E-state index contributed by atoms with van der Waals surface area (Å²) in [4.78, 5) is 7.28. The summed E-state index contributed by atoms with van der Waals surface area (Å²) in [6.45, 7) is 0. The van der Waals surface area contributed by atoms with Crippen LogP contribution in [0.1, 0.15) is 0 Å². The van der Waals surface area contributed by atoms with Gasteiger partial charge in [0.25, 0.3) is 0 Å². The molecule has 10 rings (SSSR count). The first-order valence-electron chi connectivity index (χ1n) is 17.6. The number of hydrogen-bond acceptors (Lipinski definition) is 3. The van der Waals surface area contributed by atoms with Gasteiger partial charge in [0.2, 0.25) is 5.89 Å². The monoisotopic (exact) mass is 664 g/mol. The molecule has 1 aromatic heterocycles. The van der Waals surface area contributed by atoms with Crippen LogP contribution in [0.4, 0.5) is 17.1 Å². The lowest BCUT2D eigenvalue weighted by Crippen LogP contribution is -2.09. The maximum Gasteiger partial charge on any atom is 0.227 e. The van der Waals surface area contributed by atoms with Crippen LogP contribution in [0.25, 0.3) is 77.1 Å². The Labute approximate surface area is 301 Å². The van der Waals surface area contributed by atoms with Crippen LogP contribution in [-0.4, -0.2) is 4.98 Å². The van der Waals surface area contributed by atoms with Gasteiger partial charge < -0.3 is 9.32 Å². The molecule has 52 heavy (non-hydrogen) atoms. The average molecular weight is 665 g/mol. The standard InChI is InChI=1S/C49H32N2O/c1-3-12-36(13-4-1)49-50-48-45-18-10-9-17-44(45)46(32-47(48)52-49)39-22-20-35-25-28-43(31-40(35)30-39)51(41-15-5-2-6-16-41)42-26-23-34(24-27-42)38-21-19-33-11-7-8-14-37(33)29-38/h1-32H. The summed E-state index contributed by atoms with van der Waals surface area (Å²) in [6.07, 6.45) is 0. The zero-order valence-corrected chi connectivity index (χ0v) is 28.3. The van der Waals surface area contributed by atoms with Crippen LogP contribution < -0.4 is 4.90 Å². The van der Waals surface area contributed by atoms with Gasteiger partial charge in [-0.15, -0.1) is 0 Å². The second kappa shape index (κ2) is 12.4. The third-order valence-corrected chi connectivity index (χ3v) is 10.0. The number of anilines is 3. The summed E-state index contributed by atoms with van der Waals surface area (Å²) in [5.41, 5.74) is 10.6. The van der Waals surface area contributed by atoms with Crippen LogP contribution in [0.5, 0.6) is 0 Å². The molecule has 0 aliphatic carbocycles. The van der Waals surface area contributed by atoms with Crippen molar-refractivity contribution in [1.82, 2.24) is 4.98 Å². The van der Waals surface area contributed by atoms with Gasteiger partial charge >= 0.3 is 0 Å². The Kier molecular flexibility index (Phi) is 7.14. The van der Waals surface area contributed by atoms with Crippen molar-refractivity contribution in [3.8, 4) is 33.7 Å². The van der Waals surface area contributed by atoms with Crippen molar-refractivity contribution in [1.29, 1.82) is 0 Å². The number of benzene rings is 9. The van der Waals surface area contributed by atoms with Crippen molar-refractivity contribution in [2.24, 2.45) is 0 Å². The molecular weight excluding hydrogens is 633 g/mol. The lowest BCUT2D eigenvalue weighted by atomic mass is 9.95. The number of hydrogen-bond donors (Lipinski definition) is 0. The van der Waals surface area contributed by atoms with Crippen LogP contribution in [0, 0.1) is 0 Å². The second-order valence-corrected chi connectivity index (χ2v) is 13.2. The topological polar surface area (TPSA) is 29.3 Å². The van der Waals surface area contributed by atoms with E-state index in [1.54, 1.807) is 0 Å². The number of aromatic nitrogens is 1. The van der Waals surface area contributed by atoms with Crippen molar-refractivity contribution in [2.45, 2.75) is 0 Å². The van der Waals surface area contributed by atoms with Gasteiger partial charge in [-0.3, -0.25) is 0 Å². The van der Waals surface area contributed by atoms with E-state index < -0.39 is 0 Å². The number of rotatable bonds is 6. The lowest BCUT2D eigenvalue weighted by Gasteiger charge is -2.26. The predicted octanol–water partition coefficient (Wildman–Crippen LogP) is 13.8. The highest BCUT2D eigenvalue weighted by Gasteiger charge is 2.17. The van der Waals surface area contributed by atoms with Crippen LogP contribution in [0.3, 0.4) is 0 Å². The Bertz CT molecular complexity index is 2890. The second-order valence-electron chi connectivity index (χ2n) is 13.2. The Morgan fingerprint density at radius 3 is 1.75 bits per heavy atom. The fourth-order valence-electron chi connectivity index (χ4n) is 7.44. The van der Waals surface area contributed by atoms with Crippen molar-refractivity contribution in [2.75, 3.05) is 4.90 Å². The third-order valence-electron chi connectivity index (χ3n) is 10.0. The van der Waals surface area contributed by atoms with Crippen molar-refractivity contribution < 1.29 is 4.42 Å². The quantitative estimate of drug-likeness (QED) is 0.177. The van der Waals surface area contributed by atoms with Gasteiger partial charge in [0.1, 0.15) is 5.52 Å². The first-order chi connectivity index (χ1) is 25.7. The lowest BCUT2D eigenvalue weighted by molar-refractivity contribution is 0.620. The molecule has 0 fully saturated rings. The fourth-order valence-corrected chi connectivity index (χ4v) is 7.44. The predicted molar refractivity (Wildman–Crippen MR) is 218 cm³/mol. The van der Waals surface area contributed by atoms with Gasteiger partial charge in [-0.2, -0.15) is 0 Å². The molecule has 0 unspecified atom stereocenters. The number of nitrogens with zero attached hydrogens (tertiary/aromatic N) is 2. The maximum absolute atomic E-state index is 6.40. The third kappa shape index (κ3) is 5.28. The average Bonchev–Trinajstić information content (AvgIpc) is 3.66. The van der Waals surface area contributed by atoms with E-state index in [0.717, 1.165) is 61.0 Å². The number of oxazole rings is 1. The molecule has 10 aromatic rings. The van der Waals surface area contributed by atoms with Gasteiger partial charge in [0.15, 0.2) is 5.58 Å². The molecule has 0 amide bonds. The maximum atomic E-state index is 6.40. The fraction of sp³-hybridized carbons (Fsp3) is 0. The Hall–Kier alpha value is -6.97. The van der Waals surface area contributed by atoms with E-state index in [1.165, 1.54) is 27.3 Å². The van der Waals surface area contributed by atoms with Gasteiger partial charge in [-0.05, 0) is 116 Å². The molecule has 0 atom stereocenters. The van der Waals surface area contributed by atoms with Gasteiger partial charge in [0.05, 0.1) is 0 Å². The largest absolute Gasteiger partial charge is 0.436 e. The van der Waals surface area contributed by atoms with Crippen LogP contribution in [-0.2, 0) is 0 Å². The smallest absolute Gasteiger partial charge is 0.227 e. The van der Waals surface area contributed by atoms with E-state index in [1.807, 2.05) is 30.3 Å². The molecule has 0 bridgehead atoms. The van der Waals surface area contributed by atoms with E-state index in [9.17, 15) is 0 Å². The zero-order valence-electron chi connectivity index (χ0n) is 28.3. The molecule has 9 aromatic carbocycles. The molecule has 3 heteroatoms. The minimum atomic E-state index is 0.632. The highest BCUT2D eigenvalue weighted by atomic mass is 16.3. The summed E-state index contributed by atoms with van der Waals surface area (Å²) < 4.78 is 6.40. The van der Waals surface area contributed by atoms with Crippen molar-refractivity contribution >= 4 is 60.5 Å². The van der Waals surface area contributed by atoms with Crippen molar-refractivity contribution in [3.05, 3.63) is 194 Å². The summed E-state index contributed by atoms with van der Waals surface area (Å²) in [5.74, 6) is 0.632. The van der Waals surface area contributed by atoms with Gasteiger partial charge in [-0.1, -0.05) is 127 Å². The zero-order chi connectivity index (χ0) is 34.4. The minimum absolute atomic E-state index is 0.632. The molecule has 0 aliphatic heterocycles. The van der Waals surface area contributed by atoms with Crippen LogP contribution >= 0.6 is 0 Å².